The molecular weight excluding hydrogens is 813 g/mol. The van der Waals surface area contributed by atoms with Crippen molar-refractivity contribution in [2.45, 2.75) is 20.8 Å². The van der Waals surface area contributed by atoms with Crippen molar-refractivity contribution in [2.24, 2.45) is 0 Å². The fourth-order valence-electron chi connectivity index (χ4n) is 11.7. The first kappa shape index (κ1) is 37.7. The summed E-state index contributed by atoms with van der Waals surface area (Å²) in [6.45, 7) is 6.66. The Morgan fingerprint density at radius 3 is 1.01 bits per heavy atom. The molecule has 4 nitrogen and oxygen atoms in total. The van der Waals surface area contributed by atoms with Crippen LogP contribution >= 0.6 is 0 Å². The molecule has 0 aliphatic heterocycles. The Labute approximate surface area is 387 Å². The second-order valence-corrected chi connectivity index (χ2v) is 18.4. The average molecular weight is 857 g/mol. The van der Waals surface area contributed by atoms with Crippen LogP contribution in [0.1, 0.15) is 16.7 Å². The van der Waals surface area contributed by atoms with Crippen molar-refractivity contribution >= 4 is 87.2 Å². The lowest BCUT2D eigenvalue weighted by Crippen LogP contribution is -2.01. The van der Waals surface area contributed by atoms with E-state index in [0.717, 1.165) is 11.4 Å². The van der Waals surface area contributed by atoms with Crippen LogP contribution in [0.5, 0.6) is 0 Å². The van der Waals surface area contributed by atoms with Crippen molar-refractivity contribution < 1.29 is 0 Å². The molecule has 14 aromatic rings. The van der Waals surface area contributed by atoms with Gasteiger partial charge in [-0.2, -0.15) is 0 Å². The van der Waals surface area contributed by atoms with Gasteiger partial charge in [-0.1, -0.05) is 121 Å². The zero-order chi connectivity index (χ0) is 44.5. The van der Waals surface area contributed by atoms with E-state index in [1.165, 1.54) is 126 Å². The van der Waals surface area contributed by atoms with Gasteiger partial charge in [0.1, 0.15) is 0 Å². The lowest BCUT2D eigenvalue weighted by Gasteiger charge is -2.16. The molecule has 0 unspecified atom stereocenters. The molecule has 10 aromatic carbocycles. The fourth-order valence-corrected chi connectivity index (χ4v) is 11.7. The number of hydrogen-bond acceptors (Lipinski definition) is 0. The van der Waals surface area contributed by atoms with Gasteiger partial charge in [0.25, 0.3) is 0 Å². The van der Waals surface area contributed by atoms with Gasteiger partial charge in [-0.25, -0.2) is 0 Å². The molecule has 316 valence electrons. The normalized spacial score (nSPS) is 12.1. The molecule has 0 saturated carbocycles. The standard InChI is InChI=1S/C63H44N4/c1-39-33-40(2)63(41(3)34-39)67-58-24-14-10-20-50(58)54-38-46(28-32-62(54)67)66-57-23-13-8-18-48(57)52-36-43(26-30-60(52)66)42-25-29-59-51(35-42)47-17-7-12-22-56(47)65(59)45-27-31-61-53(37-45)49-19-9-11-21-55(49)64(61)44-15-5-4-6-16-44/h4-38H,1-3H3. The predicted octanol–water partition coefficient (Wildman–Crippen LogP) is 16.7. The third-order valence-electron chi connectivity index (χ3n) is 14.4. The number of aryl methyl sites for hydroxylation is 3. The van der Waals surface area contributed by atoms with Crippen LogP contribution in [0.25, 0.3) is 121 Å². The van der Waals surface area contributed by atoms with Crippen molar-refractivity contribution in [3.05, 3.63) is 229 Å². The Bertz CT molecular complexity index is 4340. The van der Waals surface area contributed by atoms with Crippen molar-refractivity contribution in [2.75, 3.05) is 0 Å². The molecule has 0 amide bonds. The molecule has 0 bridgehead atoms. The molecule has 0 N–H and O–H groups in total. The molecule has 0 spiro atoms. The van der Waals surface area contributed by atoms with Crippen LogP contribution in [0.15, 0.2) is 212 Å². The highest BCUT2D eigenvalue weighted by Crippen LogP contribution is 2.42. The second kappa shape index (κ2) is 14.2. The summed E-state index contributed by atoms with van der Waals surface area (Å²) in [5, 5.41) is 9.97. The third kappa shape index (κ3) is 5.47. The van der Waals surface area contributed by atoms with Crippen molar-refractivity contribution in [1.29, 1.82) is 0 Å². The summed E-state index contributed by atoms with van der Waals surface area (Å²) in [5.74, 6) is 0. The molecule has 0 saturated heterocycles. The van der Waals surface area contributed by atoms with E-state index in [1.54, 1.807) is 0 Å². The van der Waals surface area contributed by atoms with Crippen LogP contribution in [0.3, 0.4) is 0 Å². The first-order valence-corrected chi connectivity index (χ1v) is 23.3. The number of aromatic nitrogens is 4. The fraction of sp³-hybridized carbons (Fsp3) is 0.0476. The number of benzene rings is 10. The van der Waals surface area contributed by atoms with Gasteiger partial charge >= 0.3 is 0 Å². The van der Waals surface area contributed by atoms with Crippen molar-refractivity contribution in [1.82, 2.24) is 18.3 Å². The van der Waals surface area contributed by atoms with E-state index in [9.17, 15) is 0 Å². The van der Waals surface area contributed by atoms with Crippen LogP contribution < -0.4 is 0 Å². The van der Waals surface area contributed by atoms with Gasteiger partial charge in [-0.15, -0.1) is 0 Å². The Morgan fingerprint density at radius 2 is 0.567 bits per heavy atom. The predicted molar refractivity (Wildman–Crippen MR) is 283 cm³/mol. The Balaban J connectivity index is 0.913. The van der Waals surface area contributed by atoms with Crippen LogP contribution in [-0.4, -0.2) is 18.3 Å². The van der Waals surface area contributed by atoms with Crippen LogP contribution in [-0.2, 0) is 0 Å². The topological polar surface area (TPSA) is 19.7 Å². The lowest BCUT2D eigenvalue weighted by molar-refractivity contribution is 1.11. The quantitative estimate of drug-likeness (QED) is 0.164. The van der Waals surface area contributed by atoms with Gasteiger partial charge in [-0.3, -0.25) is 0 Å². The Hall–Kier alpha value is -8.60. The summed E-state index contributed by atoms with van der Waals surface area (Å²) >= 11 is 0. The number of nitrogens with zero attached hydrogens (tertiary/aromatic N) is 4. The molecule has 4 aromatic heterocycles. The molecule has 0 atom stereocenters. The maximum absolute atomic E-state index is 2.47. The van der Waals surface area contributed by atoms with E-state index in [0.29, 0.717) is 0 Å². The minimum atomic E-state index is 1.15. The van der Waals surface area contributed by atoms with E-state index in [2.05, 4.69) is 251 Å². The van der Waals surface area contributed by atoms with Gasteiger partial charge in [-0.05, 0) is 140 Å². The molecule has 14 rings (SSSR count). The van der Waals surface area contributed by atoms with Crippen LogP contribution in [0.2, 0.25) is 0 Å². The van der Waals surface area contributed by atoms with Gasteiger partial charge in [0.05, 0.1) is 49.8 Å². The summed E-state index contributed by atoms with van der Waals surface area (Å²) in [6.07, 6.45) is 0. The van der Waals surface area contributed by atoms with Crippen molar-refractivity contribution in [3.8, 4) is 33.9 Å². The van der Waals surface area contributed by atoms with E-state index in [1.807, 2.05) is 0 Å². The maximum Gasteiger partial charge on any atom is 0.0542 e. The van der Waals surface area contributed by atoms with Crippen molar-refractivity contribution in [3.63, 3.8) is 0 Å². The Morgan fingerprint density at radius 1 is 0.239 bits per heavy atom. The minimum absolute atomic E-state index is 1.15. The highest BCUT2D eigenvalue weighted by atomic mass is 15.0. The SMILES string of the molecule is Cc1cc(C)c(-n2c3ccccc3c3cc(-n4c5ccccc5c5cc(-c6ccc7c(c6)c6ccccc6n7-c6ccc7c(c6)c6ccccc6n7-c6ccccc6)ccc54)ccc32)c(C)c1. The van der Waals surface area contributed by atoms with Gasteiger partial charge < -0.3 is 18.3 Å². The smallest absolute Gasteiger partial charge is 0.0542 e. The monoisotopic (exact) mass is 856 g/mol. The molecular formula is C63H44N4. The van der Waals surface area contributed by atoms with Gasteiger partial charge in [0.2, 0.25) is 0 Å². The second-order valence-electron chi connectivity index (χ2n) is 18.4. The number of para-hydroxylation sites is 5. The number of fused-ring (bicyclic) bond motifs is 12. The summed E-state index contributed by atoms with van der Waals surface area (Å²) in [6, 6.07) is 78.6. The zero-order valence-electron chi connectivity index (χ0n) is 37.5. The van der Waals surface area contributed by atoms with E-state index < -0.39 is 0 Å². The summed E-state index contributed by atoms with van der Waals surface area (Å²) in [7, 11) is 0. The number of hydrogen-bond donors (Lipinski definition) is 0. The summed E-state index contributed by atoms with van der Waals surface area (Å²) < 4.78 is 9.74. The largest absolute Gasteiger partial charge is 0.309 e. The van der Waals surface area contributed by atoms with E-state index in [4.69, 9.17) is 0 Å². The molecule has 0 aliphatic rings. The Kier molecular flexibility index (Phi) is 8.00. The average Bonchev–Trinajstić information content (AvgIpc) is 4.08. The van der Waals surface area contributed by atoms with Crippen LogP contribution in [0.4, 0.5) is 0 Å². The minimum Gasteiger partial charge on any atom is -0.309 e. The van der Waals surface area contributed by atoms with E-state index in [-0.39, 0.29) is 0 Å². The molecule has 67 heavy (non-hydrogen) atoms. The first-order chi connectivity index (χ1) is 33.0. The number of rotatable bonds is 5. The highest BCUT2D eigenvalue weighted by molar-refractivity contribution is 6.15. The zero-order valence-corrected chi connectivity index (χ0v) is 37.5. The highest BCUT2D eigenvalue weighted by Gasteiger charge is 2.21. The van der Waals surface area contributed by atoms with E-state index >= 15 is 0 Å². The molecule has 0 radical (unpaired) electrons. The summed E-state index contributed by atoms with van der Waals surface area (Å²) in [4.78, 5) is 0. The lowest BCUT2D eigenvalue weighted by atomic mass is 10.0. The van der Waals surface area contributed by atoms with Gasteiger partial charge in [0.15, 0.2) is 0 Å². The third-order valence-corrected chi connectivity index (χ3v) is 14.4. The molecule has 4 heteroatoms. The van der Waals surface area contributed by atoms with Gasteiger partial charge in [0, 0.05) is 60.2 Å². The first-order valence-electron chi connectivity index (χ1n) is 23.3. The maximum atomic E-state index is 2.47. The summed E-state index contributed by atoms with van der Waals surface area (Å²) in [5.41, 5.74) is 20.6. The van der Waals surface area contributed by atoms with Crippen LogP contribution in [0, 0.1) is 20.8 Å². The molecule has 0 aliphatic carbocycles. The molecule has 0 fully saturated rings. The molecule has 4 heterocycles.